The lowest BCUT2D eigenvalue weighted by Crippen LogP contribution is -2.47. The first-order chi connectivity index (χ1) is 16.5. The molecule has 3 fully saturated rings. The van der Waals surface area contributed by atoms with Crippen molar-refractivity contribution < 1.29 is 9.90 Å². The molecule has 2 aliphatic heterocycles. The molecule has 172 valence electrons. The molecule has 0 spiro atoms. The van der Waals surface area contributed by atoms with Crippen LogP contribution < -0.4 is 10.2 Å². The number of halogens is 1. The topological polar surface area (TPSA) is 105 Å². The van der Waals surface area contributed by atoms with Gasteiger partial charge >= 0.3 is 0 Å². The number of hydrogen-bond donors (Lipinski definition) is 2. The first-order valence-electron chi connectivity index (χ1n) is 11.5. The van der Waals surface area contributed by atoms with Gasteiger partial charge in [-0.15, -0.1) is 0 Å². The number of nitrogens with zero attached hydrogens (tertiary/aromatic N) is 5. The van der Waals surface area contributed by atoms with E-state index in [2.05, 4.69) is 20.1 Å². The lowest BCUT2D eigenvalue weighted by molar-refractivity contribution is 0.0943. The summed E-state index contributed by atoms with van der Waals surface area (Å²) in [5.74, 6) is 0.188. The Labute approximate surface area is 201 Å². The van der Waals surface area contributed by atoms with Crippen LogP contribution in [0.5, 0.6) is 5.75 Å². The van der Waals surface area contributed by atoms with Gasteiger partial charge in [0.05, 0.1) is 23.3 Å². The van der Waals surface area contributed by atoms with Crippen LogP contribution in [0.1, 0.15) is 40.9 Å². The van der Waals surface area contributed by atoms with Crippen molar-refractivity contribution in [3.8, 4) is 11.8 Å². The van der Waals surface area contributed by atoms with E-state index >= 15 is 0 Å². The Bertz CT molecular complexity index is 1350. The van der Waals surface area contributed by atoms with Gasteiger partial charge < -0.3 is 15.3 Å². The average Bonchev–Trinajstić information content (AvgIpc) is 3.50. The van der Waals surface area contributed by atoms with Gasteiger partial charge in [-0.1, -0.05) is 17.7 Å². The number of aromatic nitrogens is 2. The minimum absolute atomic E-state index is 0.0628. The van der Waals surface area contributed by atoms with Crippen molar-refractivity contribution in [2.24, 2.45) is 0 Å². The lowest BCUT2D eigenvalue weighted by atomic mass is 10.1. The van der Waals surface area contributed by atoms with Gasteiger partial charge in [0.2, 0.25) is 0 Å². The molecule has 34 heavy (non-hydrogen) atoms. The van der Waals surface area contributed by atoms with Gasteiger partial charge in [-0.05, 0) is 49.1 Å². The van der Waals surface area contributed by atoms with Crippen molar-refractivity contribution in [3.05, 3.63) is 58.4 Å². The molecule has 2 atom stereocenters. The molecule has 6 rings (SSSR count). The Morgan fingerprint density at radius 3 is 2.76 bits per heavy atom. The van der Waals surface area contributed by atoms with E-state index in [-0.39, 0.29) is 18.0 Å². The second-order valence-electron chi connectivity index (χ2n) is 9.28. The van der Waals surface area contributed by atoms with E-state index in [1.54, 1.807) is 18.2 Å². The highest BCUT2D eigenvalue weighted by molar-refractivity contribution is 6.31. The van der Waals surface area contributed by atoms with Crippen molar-refractivity contribution in [1.82, 2.24) is 20.2 Å². The predicted octanol–water partition coefficient (Wildman–Crippen LogP) is 3.22. The molecule has 9 heteroatoms. The zero-order chi connectivity index (χ0) is 23.4. The highest BCUT2D eigenvalue weighted by atomic mass is 35.5. The standard InChI is InChI=1S/C25H23ClN6O2/c26-20-7-14(9-27)1-2-15(20)10-29-25(34)23-24(33)19-5-6-22(30-21(19)11-28-23)32-13-17-8-18(32)12-31(17)16-3-4-16/h1-2,5-7,11,16-18,33H,3-4,8,10,12-13H2,(H,29,34)/t17-,18-/m0/s1. The third kappa shape index (κ3) is 3.61. The fourth-order valence-electron chi connectivity index (χ4n) is 5.25. The largest absolute Gasteiger partial charge is 0.505 e. The maximum Gasteiger partial charge on any atom is 0.274 e. The molecule has 2 N–H and O–H groups in total. The van der Waals surface area contributed by atoms with Gasteiger partial charge in [0.25, 0.3) is 5.91 Å². The number of benzene rings is 1. The number of fused-ring (bicyclic) bond motifs is 3. The number of nitriles is 1. The monoisotopic (exact) mass is 474 g/mol. The molecule has 2 saturated heterocycles. The van der Waals surface area contributed by atoms with E-state index in [4.69, 9.17) is 21.8 Å². The predicted molar refractivity (Wildman–Crippen MR) is 128 cm³/mol. The fourth-order valence-corrected chi connectivity index (χ4v) is 5.50. The summed E-state index contributed by atoms with van der Waals surface area (Å²) in [6, 6.07) is 12.5. The third-order valence-corrected chi connectivity index (χ3v) is 7.49. The summed E-state index contributed by atoms with van der Waals surface area (Å²) in [7, 11) is 0. The number of carbonyl (C=O) groups excluding carboxylic acids is 1. The number of nitrogens with one attached hydrogen (secondary N) is 1. The van der Waals surface area contributed by atoms with Crippen molar-refractivity contribution in [2.45, 2.75) is 43.9 Å². The number of aromatic hydroxyl groups is 1. The zero-order valence-corrected chi connectivity index (χ0v) is 19.2. The first-order valence-corrected chi connectivity index (χ1v) is 11.9. The van der Waals surface area contributed by atoms with Gasteiger partial charge in [0, 0.05) is 48.2 Å². The summed E-state index contributed by atoms with van der Waals surface area (Å²) < 4.78 is 0. The van der Waals surface area contributed by atoms with Crippen LogP contribution in [0.4, 0.5) is 5.82 Å². The minimum Gasteiger partial charge on any atom is -0.505 e. The Balaban J connectivity index is 1.18. The fraction of sp³-hybridized carbons (Fsp3) is 0.360. The van der Waals surface area contributed by atoms with E-state index in [0.717, 1.165) is 24.9 Å². The summed E-state index contributed by atoms with van der Waals surface area (Å²) in [5, 5.41) is 23.3. The molecule has 1 amide bonds. The van der Waals surface area contributed by atoms with E-state index in [1.165, 1.54) is 25.5 Å². The van der Waals surface area contributed by atoms with Crippen molar-refractivity contribution in [3.63, 3.8) is 0 Å². The van der Waals surface area contributed by atoms with E-state index in [0.29, 0.717) is 39.1 Å². The van der Waals surface area contributed by atoms with E-state index < -0.39 is 5.91 Å². The van der Waals surface area contributed by atoms with Crippen molar-refractivity contribution >= 4 is 34.2 Å². The van der Waals surface area contributed by atoms with Gasteiger partial charge in [0.1, 0.15) is 5.82 Å². The van der Waals surface area contributed by atoms with Crippen molar-refractivity contribution in [1.29, 1.82) is 5.26 Å². The van der Waals surface area contributed by atoms with Crippen LogP contribution in [0.25, 0.3) is 10.9 Å². The molecule has 1 saturated carbocycles. The SMILES string of the molecule is N#Cc1ccc(CNC(=O)c2ncc3nc(N4C[C@@H]5C[C@H]4CN5C4CC4)ccc3c2O)c(Cl)c1. The summed E-state index contributed by atoms with van der Waals surface area (Å²) in [5.41, 5.74) is 1.61. The molecule has 1 aliphatic carbocycles. The van der Waals surface area contributed by atoms with Gasteiger partial charge in [0.15, 0.2) is 11.4 Å². The molecule has 4 heterocycles. The maximum absolute atomic E-state index is 12.7. The molecule has 3 aliphatic rings. The van der Waals surface area contributed by atoms with Crippen LogP contribution in [-0.4, -0.2) is 57.1 Å². The average molecular weight is 475 g/mol. The summed E-state index contributed by atoms with van der Waals surface area (Å²) in [4.78, 5) is 26.7. The van der Waals surface area contributed by atoms with E-state index in [9.17, 15) is 9.90 Å². The van der Waals surface area contributed by atoms with E-state index in [1.807, 2.05) is 18.2 Å². The number of pyridine rings is 2. The molecule has 2 aromatic heterocycles. The molecular weight excluding hydrogens is 452 g/mol. The molecule has 8 nitrogen and oxygen atoms in total. The lowest BCUT2D eigenvalue weighted by Gasteiger charge is -2.35. The smallest absolute Gasteiger partial charge is 0.274 e. The van der Waals surface area contributed by atoms with Gasteiger partial charge in [-0.3, -0.25) is 9.69 Å². The Morgan fingerprint density at radius 1 is 1.21 bits per heavy atom. The quantitative estimate of drug-likeness (QED) is 0.584. The Kier molecular flexibility index (Phi) is 5.05. The van der Waals surface area contributed by atoms with Crippen LogP contribution in [0.15, 0.2) is 36.5 Å². The van der Waals surface area contributed by atoms with Gasteiger partial charge in [-0.2, -0.15) is 5.26 Å². The first kappa shape index (κ1) is 21.1. The molecule has 3 aromatic rings. The van der Waals surface area contributed by atoms with Crippen LogP contribution >= 0.6 is 11.6 Å². The highest BCUT2D eigenvalue weighted by Crippen LogP contribution is 2.41. The highest BCUT2D eigenvalue weighted by Gasteiger charge is 2.48. The van der Waals surface area contributed by atoms with Crippen LogP contribution in [-0.2, 0) is 6.54 Å². The number of likely N-dealkylation sites (tertiary alicyclic amines) is 1. The zero-order valence-electron chi connectivity index (χ0n) is 18.4. The number of hydrogen-bond acceptors (Lipinski definition) is 7. The summed E-state index contributed by atoms with van der Waals surface area (Å²) >= 11 is 6.18. The normalized spacial score (nSPS) is 21.7. The molecule has 1 aromatic carbocycles. The number of piperazine rings is 1. The molecule has 2 bridgehead atoms. The van der Waals surface area contributed by atoms with Gasteiger partial charge in [-0.25, -0.2) is 9.97 Å². The van der Waals surface area contributed by atoms with Crippen LogP contribution in [0.2, 0.25) is 5.02 Å². The molecule has 0 unspecified atom stereocenters. The summed E-state index contributed by atoms with van der Waals surface area (Å²) in [6.07, 6.45) is 5.38. The minimum atomic E-state index is -0.513. The number of amides is 1. The number of anilines is 1. The Morgan fingerprint density at radius 2 is 2.06 bits per heavy atom. The number of carbonyl (C=O) groups is 1. The summed E-state index contributed by atoms with van der Waals surface area (Å²) in [6.45, 7) is 2.23. The number of rotatable bonds is 5. The van der Waals surface area contributed by atoms with Crippen LogP contribution in [0, 0.1) is 11.3 Å². The second kappa shape index (κ2) is 8.12. The molecular formula is C25H23ClN6O2. The molecule has 0 radical (unpaired) electrons. The third-order valence-electron chi connectivity index (χ3n) is 7.14. The second-order valence-corrected chi connectivity index (χ2v) is 9.69. The van der Waals surface area contributed by atoms with Crippen molar-refractivity contribution in [2.75, 3.05) is 18.0 Å². The Hall–Kier alpha value is -3.41. The maximum atomic E-state index is 12.7. The van der Waals surface area contributed by atoms with Crippen LogP contribution in [0.3, 0.4) is 0 Å².